The first-order chi connectivity index (χ1) is 15.5. The van der Waals surface area contributed by atoms with Crippen LogP contribution in [-0.4, -0.2) is 28.8 Å². The summed E-state index contributed by atoms with van der Waals surface area (Å²) in [6, 6.07) is 15.1. The molecule has 3 atom stereocenters. The second-order valence-corrected chi connectivity index (χ2v) is 7.67. The summed E-state index contributed by atoms with van der Waals surface area (Å²) >= 11 is 0. The first-order valence-corrected chi connectivity index (χ1v) is 10.4. The summed E-state index contributed by atoms with van der Waals surface area (Å²) in [7, 11) is 0. The number of anilines is 1. The molecule has 1 aliphatic rings. The number of pyridine rings is 1. The van der Waals surface area contributed by atoms with Crippen LogP contribution in [-0.2, 0) is 11.3 Å². The molecule has 2 aromatic rings. The molecule has 1 heterocycles. The van der Waals surface area contributed by atoms with E-state index in [1.807, 2.05) is 18.2 Å². The lowest BCUT2D eigenvalue weighted by atomic mass is 9.82. The lowest BCUT2D eigenvalue weighted by Crippen LogP contribution is -2.44. The largest absolute Gasteiger partial charge is 0.386 e. The van der Waals surface area contributed by atoms with Crippen LogP contribution >= 0.6 is 0 Å². The van der Waals surface area contributed by atoms with Gasteiger partial charge in [0.15, 0.2) is 0 Å². The van der Waals surface area contributed by atoms with E-state index in [9.17, 15) is 14.4 Å². The fourth-order valence-electron chi connectivity index (χ4n) is 3.70. The normalized spacial score (nSPS) is 20.8. The summed E-state index contributed by atoms with van der Waals surface area (Å²) < 4.78 is 13.3. The van der Waals surface area contributed by atoms with E-state index in [4.69, 9.17) is 11.1 Å². The van der Waals surface area contributed by atoms with Gasteiger partial charge in [0, 0.05) is 42.8 Å². The Morgan fingerprint density at radius 2 is 2.09 bits per heavy atom. The molecule has 32 heavy (non-hydrogen) atoms. The van der Waals surface area contributed by atoms with Gasteiger partial charge in [-0.2, -0.15) is 9.65 Å². The van der Waals surface area contributed by atoms with E-state index in [1.165, 1.54) is 24.0 Å². The quantitative estimate of drug-likeness (QED) is 0.187. The molecule has 1 fully saturated rings. The maximum absolute atomic E-state index is 13.3. The number of primary amides is 1. The Morgan fingerprint density at radius 1 is 1.31 bits per heavy atom. The van der Waals surface area contributed by atoms with E-state index in [2.05, 4.69) is 39.1 Å². The number of hydrogen-bond acceptors (Lipinski definition) is 6. The monoisotopic (exact) mass is 435 g/mol. The van der Waals surface area contributed by atoms with Gasteiger partial charge in [-0.3, -0.25) is 10.2 Å². The molecule has 6 N–H and O–H groups in total. The third kappa shape index (κ3) is 6.36. The molecule has 0 saturated heterocycles. The molecule has 1 amide bonds. The van der Waals surface area contributed by atoms with Crippen molar-refractivity contribution >= 4 is 17.4 Å². The molecule has 166 valence electrons. The maximum Gasteiger partial charge on any atom is 0.253 e. The van der Waals surface area contributed by atoms with Crippen LogP contribution in [0.1, 0.15) is 24.8 Å². The molecule has 1 saturated carbocycles. The predicted octanol–water partition coefficient (Wildman–Crippen LogP) is 2.42. The average molecular weight is 436 g/mol. The minimum Gasteiger partial charge on any atom is -0.386 e. The van der Waals surface area contributed by atoms with Gasteiger partial charge in [0.25, 0.3) is 5.91 Å². The molecule has 3 rings (SSSR count). The minimum absolute atomic E-state index is 0.0942. The number of carbonyl (C=O) groups excluding carboxylic acids is 1. The molecule has 8 nitrogen and oxygen atoms in total. The van der Waals surface area contributed by atoms with E-state index in [1.54, 1.807) is 0 Å². The second kappa shape index (κ2) is 11.0. The van der Waals surface area contributed by atoms with Crippen molar-refractivity contribution in [3.05, 3.63) is 71.9 Å². The molecule has 9 heteroatoms. The molecule has 1 aromatic carbocycles. The Kier molecular flexibility index (Phi) is 7.89. The van der Waals surface area contributed by atoms with Crippen LogP contribution < -0.4 is 21.7 Å². The molecule has 1 unspecified atom stereocenters. The van der Waals surface area contributed by atoms with Gasteiger partial charge in [0.2, 0.25) is 5.95 Å². The lowest BCUT2D eigenvalue weighted by Gasteiger charge is -2.33. The molecule has 0 aliphatic heterocycles. The van der Waals surface area contributed by atoms with Gasteiger partial charge < -0.3 is 21.7 Å². The van der Waals surface area contributed by atoms with Crippen LogP contribution in [0.2, 0.25) is 0 Å². The minimum atomic E-state index is -0.809. The van der Waals surface area contributed by atoms with Gasteiger partial charge in [0.1, 0.15) is 5.84 Å². The average Bonchev–Trinajstić information content (AvgIpc) is 2.78. The third-order valence-electron chi connectivity index (χ3n) is 5.43. The number of aromatic nitrogens is 1. The first kappa shape index (κ1) is 22.9. The Morgan fingerprint density at radius 3 is 2.78 bits per heavy atom. The second-order valence-electron chi connectivity index (χ2n) is 7.67. The number of nitrogens with one attached hydrogen (secondary N) is 4. The number of nitriles is 1. The summed E-state index contributed by atoms with van der Waals surface area (Å²) in [5.74, 6) is -2.06. The molecule has 1 aliphatic carbocycles. The van der Waals surface area contributed by atoms with E-state index < -0.39 is 11.9 Å². The summed E-state index contributed by atoms with van der Waals surface area (Å²) in [5.41, 5.74) is 6.80. The van der Waals surface area contributed by atoms with Crippen molar-refractivity contribution in [2.75, 3.05) is 5.32 Å². The fourth-order valence-corrected chi connectivity index (χ4v) is 3.70. The highest BCUT2D eigenvalue weighted by atomic mass is 19.1. The Hall–Kier alpha value is -3.77. The SMILES string of the molecule is N#CC1C[C@H](NCc2ccccc2)CC[C@@H]1N/C=C(\C(=N)Nc1ccnc(F)c1)C(N)=O. The zero-order valence-electron chi connectivity index (χ0n) is 17.5. The van der Waals surface area contributed by atoms with Crippen LogP contribution in [0, 0.1) is 28.6 Å². The number of nitrogens with two attached hydrogens (primary N) is 1. The van der Waals surface area contributed by atoms with Gasteiger partial charge in [-0.25, -0.2) is 4.98 Å². The van der Waals surface area contributed by atoms with Crippen molar-refractivity contribution in [1.82, 2.24) is 15.6 Å². The van der Waals surface area contributed by atoms with Gasteiger partial charge in [-0.1, -0.05) is 30.3 Å². The number of rotatable bonds is 8. The van der Waals surface area contributed by atoms with Gasteiger partial charge >= 0.3 is 0 Å². The van der Waals surface area contributed by atoms with Crippen molar-refractivity contribution in [1.29, 1.82) is 10.7 Å². The number of amides is 1. The molecule has 0 bridgehead atoms. The van der Waals surface area contributed by atoms with Crippen molar-refractivity contribution in [3.8, 4) is 6.07 Å². The van der Waals surface area contributed by atoms with Crippen molar-refractivity contribution in [3.63, 3.8) is 0 Å². The van der Waals surface area contributed by atoms with E-state index in [0.717, 1.165) is 25.5 Å². The fraction of sp³-hybridized carbons (Fsp3) is 0.304. The molecule has 1 aromatic heterocycles. The highest BCUT2D eigenvalue weighted by Crippen LogP contribution is 2.25. The molecule has 0 spiro atoms. The Bertz CT molecular complexity index is 1020. The standard InChI is InChI=1S/C23H26FN7O/c24-21-11-18(8-9-28-21)31-22(26)19(23(27)32)14-30-20-7-6-17(10-16(20)12-25)29-13-15-4-2-1-3-5-15/h1-5,8-9,11,14,16-17,20,29-30H,6-7,10,13H2,(H2,27,32)(H2,26,28,31)/b19-14+/t16?,17-,20+/m1/s1. The number of carbonyl (C=O) groups is 1. The van der Waals surface area contributed by atoms with Crippen LogP contribution in [0.15, 0.2) is 60.4 Å². The lowest BCUT2D eigenvalue weighted by molar-refractivity contribution is -0.114. The number of amidine groups is 1. The van der Waals surface area contributed by atoms with Crippen molar-refractivity contribution in [2.45, 2.75) is 37.9 Å². The zero-order chi connectivity index (χ0) is 22.9. The summed E-state index contributed by atoms with van der Waals surface area (Å²) in [6.07, 6.45) is 4.88. The number of hydrogen-bond donors (Lipinski definition) is 5. The summed E-state index contributed by atoms with van der Waals surface area (Å²) in [4.78, 5) is 15.3. The molecular formula is C23H26FN7O. The first-order valence-electron chi connectivity index (χ1n) is 10.4. The Balaban J connectivity index is 1.58. The third-order valence-corrected chi connectivity index (χ3v) is 5.43. The van der Waals surface area contributed by atoms with Crippen molar-refractivity contribution < 1.29 is 9.18 Å². The number of nitrogens with zero attached hydrogens (tertiary/aromatic N) is 2. The molecule has 0 radical (unpaired) electrons. The topological polar surface area (TPSA) is 140 Å². The van der Waals surface area contributed by atoms with Crippen LogP contribution in [0.4, 0.5) is 10.1 Å². The highest BCUT2D eigenvalue weighted by Gasteiger charge is 2.30. The number of halogens is 1. The molecular weight excluding hydrogens is 409 g/mol. The smallest absolute Gasteiger partial charge is 0.253 e. The van der Waals surface area contributed by atoms with E-state index in [0.29, 0.717) is 6.42 Å². The maximum atomic E-state index is 13.3. The van der Waals surface area contributed by atoms with Gasteiger partial charge in [0.05, 0.1) is 17.6 Å². The Labute approximate surface area is 186 Å². The number of benzene rings is 1. The van der Waals surface area contributed by atoms with E-state index in [-0.39, 0.29) is 35.1 Å². The van der Waals surface area contributed by atoms with Crippen LogP contribution in [0.3, 0.4) is 0 Å². The van der Waals surface area contributed by atoms with Crippen LogP contribution in [0.25, 0.3) is 0 Å². The summed E-state index contributed by atoms with van der Waals surface area (Å²) in [6.45, 7) is 0.742. The zero-order valence-corrected chi connectivity index (χ0v) is 17.5. The highest BCUT2D eigenvalue weighted by molar-refractivity contribution is 6.23. The van der Waals surface area contributed by atoms with Crippen molar-refractivity contribution in [2.24, 2.45) is 11.7 Å². The van der Waals surface area contributed by atoms with E-state index >= 15 is 0 Å². The predicted molar refractivity (Wildman–Crippen MR) is 120 cm³/mol. The van der Waals surface area contributed by atoms with Crippen LogP contribution in [0.5, 0.6) is 0 Å². The van der Waals surface area contributed by atoms with Gasteiger partial charge in [-0.15, -0.1) is 0 Å². The van der Waals surface area contributed by atoms with Gasteiger partial charge in [-0.05, 0) is 30.9 Å². The summed E-state index contributed by atoms with van der Waals surface area (Å²) in [5, 5.41) is 27.0.